The highest BCUT2D eigenvalue weighted by Gasteiger charge is 2.18. The molecule has 0 bridgehead atoms. The summed E-state index contributed by atoms with van der Waals surface area (Å²) in [6.45, 7) is 5.87. The molecule has 110 valence electrons. The Morgan fingerprint density at radius 2 is 2.30 bits per heavy atom. The number of rotatable bonds is 7. The highest BCUT2D eigenvalue weighted by molar-refractivity contribution is 9.10. The second-order valence-electron chi connectivity index (χ2n) is 5.30. The van der Waals surface area contributed by atoms with Crippen molar-refractivity contribution in [1.29, 1.82) is 0 Å². The zero-order valence-corrected chi connectivity index (χ0v) is 13.7. The molecule has 0 aliphatic heterocycles. The van der Waals surface area contributed by atoms with Crippen LogP contribution in [0.25, 0.3) is 0 Å². The van der Waals surface area contributed by atoms with Crippen LogP contribution in [0.3, 0.4) is 0 Å². The summed E-state index contributed by atoms with van der Waals surface area (Å²) in [6.07, 6.45) is 7.72. The van der Waals surface area contributed by atoms with Crippen LogP contribution in [0.15, 0.2) is 15.5 Å². The summed E-state index contributed by atoms with van der Waals surface area (Å²) in [4.78, 5) is 12.0. The van der Waals surface area contributed by atoms with E-state index >= 15 is 0 Å². The second kappa shape index (κ2) is 7.46. The van der Waals surface area contributed by atoms with Crippen LogP contribution in [0.2, 0.25) is 0 Å². The molecular formula is C14H20BrN3O2. The van der Waals surface area contributed by atoms with Gasteiger partial charge in [-0.15, -0.1) is 6.42 Å². The first-order chi connectivity index (χ1) is 9.41. The van der Waals surface area contributed by atoms with Crippen molar-refractivity contribution in [2.24, 2.45) is 5.41 Å². The first-order valence-electron chi connectivity index (χ1n) is 6.33. The summed E-state index contributed by atoms with van der Waals surface area (Å²) in [7, 11) is 1.69. The van der Waals surface area contributed by atoms with Gasteiger partial charge in [-0.25, -0.2) is 4.68 Å². The van der Waals surface area contributed by atoms with Gasteiger partial charge in [-0.2, -0.15) is 5.10 Å². The molecule has 1 heterocycles. The van der Waals surface area contributed by atoms with Crippen LogP contribution in [0, 0.1) is 17.8 Å². The van der Waals surface area contributed by atoms with Crippen molar-refractivity contribution in [2.75, 3.05) is 25.6 Å². The van der Waals surface area contributed by atoms with E-state index < -0.39 is 0 Å². The Labute approximate surface area is 127 Å². The van der Waals surface area contributed by atoms with Gasteiger partial charge in [0.05, 0.1) is 11.9 Å². The van der Waals surface area contributed by atoms with Crippen molar-refractivity contribution >= 4 is 21.6 Å². The number of nitrogens with one attached hydrogen (secondary N) is 1. The fourth-order valence-electron chi connectivity index (χ4n) is 1.59. The molecule has 0 saturated heterocycles. The predicted molar refractivity (Wildman–Crippen MR) is 83.8 cm³/mol. The van der Waals surface area contributed by atoms with Crippen molar-refractivity contribution in [3.8, 4) is 12.3 Å². The largest absolute Gasteiger partial charge is 0.385 e. The number of hydrogen-bond acceptors (Lipinski definition) is 4. The SMILES string of the molecule is C#CCn1ncc(NCC(C)(C)CCOC)c(Br)c1=O. The Balaban J connectivity index is 2.77. The van der Waals surface area contributed by atoms with Crippen LogP contribution in [0.4, 0.5) is 5.69 Å². The topological polar surface area (TPSA) is 56.1 Å². The van der Waals surface area contributed by atoms with Crippen LogP contribution in [-0.4, -0.2) is 30.0 Å². The molecule has 20 heavy (non-hydrogen) atoms. The van der Waals surface area contributed by atoms with Gasteiger partial charge in [-0.1, -0.05) is 19.8 Å². The van der Waals surface area contributed by atoms with Crippen molar-refractivity contribution in [1.82, 2.24) is 9.78 Å². The van der Waals surface area contributed by atoms with E-state index in [9.17, 15) is 4.79 Å². The Hall–Kier alpha value is -1.32. The van der Waals surface area contributed by atoms with E-state index in [1.807, 2.05) is 0 Å². The maximum atomic E-state index is 12.0. The standard InChI is InChI=1S/C14H20BrN3O2/c1-5-7-18-13(19)12(15)11(9-17-18)16-10-14(2,3)6-8-20-4/h1,9,16H,6-8,10H2,2-4H3. The minimum absolute atomic E-state index is 0.0587. The number of terminal acetylenes is 1. The molecule has 0 aliphatic carbocycles. The lowest BCUT2D eigenvalue weighted by atomic mass is 9.89. The summed E-state index contributed by atoms with van der Waals surface area (Å²) >= 11 is 3.29. The second-order valence-corrected chi connectivity index (χ2v) is 6.09. The van der Waals surface area contributed by atoms with Gasteiger partial charge in [0, 0.05) is 20.3 Å². The highest BCUT2D eigenvalue weighted by Crippen LogP contribution is 2.23. The molecule has 5 nitrogen and oxygen atoms in total. The molecule has 0 atom stereocenters. The normalized spacial score (nSPS) is 11.2. The lowest BCUT2D eigenvalue weighted by Gasteiger charge is -2.25. The zero-order valence-electron chi connectivity index (χ0n) is 12.1. The van der Waals surface area contributed by atoms with Crippen LogP contribution in [-0.2, 0) is 11.3 Å². The summed E-state index contributed by atoms with van der Waals surface area (Å²) in [6, 6.07) is 0. The Morgan fingerprint density at radius 3 is 2.90 bits per heavy atom. The van der Waals surface area contributed by atoms with Gasteiger partial charge in [0.25, 0.3) is 5.56 Å². The van der Waals surface area contributed by atoms with E-state index in [4.69, 9.17) is 11.2 Å². The van der Waals surface area contributed by atoms with Gasteiger partial charge < -0.3 is 10.1 Å². The molecule has 0 unspecified atom stereocenters. The van der Waals surface area contributed by atoms with Gasteiger partial charge >= 0.3 is 0 Å². The molecular weight excluding hydrogens is 322 g/mol. The number of hydrogen-bond donors (Lipinski definition) is 1. The minimum atomic E-state index is -0.234. The first kappa shape index (κ1) is 16.7. The van der Waals surface area contributed by atoms with E-state index in [0.717, 1.165) is 13.0 Å². The molecule has 1 aromatic rings. The number of anilines is 1. The predicted octanol–water partition coefficient (Wildman–Crippen LogP) is 2.11. The van der Waals surface area contributed by atoms with Gasteiger partial charge in [0.1, 0.15) is 11.0 Å². The summed E-state index contributed by atoms with van der Waals surface area (Å²) in [5.74, 6) is 2.40. The quantitative estimate of drug-likeness (QED) is 0.771. The number of methoxy groups -OCH3 is 1. The molecule has 1 aromatic heterocycles. The van der Waals surface area contributed by atoms with Gasteiger partial charge in [-0.05, 0) is 27.8 Å². The van der Waals surface area contributed by atoms with Gasteiger partial charge in [-0.3, -0.25) is 4.79 Å². The Morgan fingerprint density at radius 1 is 1.60 bits per heavy atom. The number of ether oxygens (including phenoxy) is 1. The molecule has 0 saturated carbocycles. The van der Waals surface area contributed by atoms with Crippen molar-refractivity contribution in [3.05, 3.63) is 21.0 Å². The molecule has 0 amide bonds. The van der Waals surface area contributed by atoms with Crippen LogP contribution < -0.4 is 10.9 Å². The minimum Gasteiger partial charge on any atom is -0.385 e. The average Bonchev–Trinajstić information content (AvgIpc) is 2.41. The van der Waals surface area contributed by atoms with Crippen LogP contribution in [0.5, 0.6) is 0 Å². The lowest BCUT2D eigenvalue weighted by Crippen LogP contribution is -2.28. The average molecular weight is 342 g/mol. The first-order valence-corrected chi connectivity index (χ1v) is 7.12. The lowest BCUT2D eigenvalue weighted by molar-refractivity contribution is 0.157. The van der Waals surface area contributed by atoms with E-state index in [-0.39, 0.29) is 17.5 Å². The molecule has 0 aliphatic rings. The summed E-state index contributed by atoms with van der Waals surface area (Å²) in [5, 5.41) is 7.28. The molecule has 1 rings (SSSR count). The van der Waals surface area contributed by atoms with E-state index in [2.05, 4.69) is 46.1 Å². The van der Waals surface area contributed by atoms with E-state index in [0.29, 0.717) is 16.8 Å². The monoisotopic (exact) mass is 341 g/mol. The van der Waals surface area contributed by atoms with Crippen molar-refractivity contribution in [2.45, 2.75) is 26.8 Å². The molecule has 0 aromatic carbocycles. The van der Waals surface area contributed by atoms with Crippen molar-refractivity contribution < 1.29 is 4.74 Å². The Kier molecular flexibility index (Phi) is 6.24. The third-order valence-electron chi connectivity index (χ3n) is 2.97. The molecule has 0 radical (unpaired) electrons. The van der Waals surface area contributed by atoms with Crippen LogP contribution in [0.1, 0.15) is 20.3 Å². The van der Waals surface area contributed by atoms with Gasteiger partial charge in [0.15, 0.2) is 0 Å². The van der Waals surface area contributed by atoms with E-state index in [1.165, 1.54) is 4.68 Å². The summed E-state index contributed by atoms with van der Waals surface area (Å²) in [5.41, 5.74) is 0.500. The smallest absolute Gasteiger partial charge is 0.284 e. The third-order valence-corrected chi connectivity index (χ3v) is 3.73. The zero-order chi connectivity index (χ0) is 15.2. The molecule has 0 spiro atoms. The number of aromatic nitrogens is 2. The molecule has 0 fully saturated rings. The Bertz CT molecular complexity index is 546. The van der Waals surface area contributed by atoms with E-state index in [1.54, 1.807) is 13.3 Å². The fraction of sp³-hybridized carbons (Fsp3) is 0.571. The van der Waals surface area contributed by atoms with Gasteiger partial charge in [0.2, 0.25) is 0 Å². The van der Waals surface area contributed by atoms with Crippen molar-refractivity contribution in [3.63, 3.8) is 0 Å². The van der Waals surface area contributed by atoms with Crippen LogP contribution >= 0.6 is 15.9 Å². The molecule has 6 heteroatoms. The third kappa shape index (κ3) is 4.66. The maximum Gasteiger partial charge on any atom is 0.284 e. The maximum absolute atomic E-state index is 12.0. The number of nitrogens with zero attached hydrogens (tertiary/aromatic N) is 2. The highest BCUT2D eigenvalue weighted by atomic mass is 79.9. The fourth-order valence-corrected chi connectivity index (χ4v) is 2.04. The summed E-state index contributed by atoms with van der Waals surface area (Å²) < 4.78 is 6.78. The molecule has 1 N–H and O–H groups in total. The number of halogens is 1.